The van der Waals surface area contributed by atoms with E-state index in [1.165, 1.54) is 0 Å². The Bertz CT molecular complexity index is 1070. The summed E-state index contributed by atoms with van der Waals surface area (Å²) in [4.78, 5) is 23.1. The highest BCUT2D eigenvalue weighted by molar-refractivity contribution is 7.18. The normalized spacial score (nSPS) is 16.3. The van der Waals surface area contributed by atoms with Gasteiger partial charge in [-0.05, 0) is 31.0 Å². The molecular formula is C21H24N4O3S. The molecule has 1 aliphatic rings. The van der Waals surface area contributed by atoms with Gasteiger partial charge >= 0.3 is 0 Å². The molecule has 1 N–H and O–H groups in total. The molecule has 2 aromatic heterocycles. The Balaban J connectivity index is 1.74. The first-order valence-electron chi connectivity index (χ1n) is 9.50. The van der Waals surface area contributed by atoms with E-state index in [-0.39, 0.29) is 11.9 Å². The van der Waals surface area contributed by atoms with Gasteiger partial charge in [-0.25, -0.2) is 9.97 Å². The molecule has 4 rings (SSSR count). The molecule has 0 unspecified atom stereocenters. The Morgan fingerprint density at radius 1 is 1.24 bits per heavy atom. The number of benzene rings is 1. The van der Waals surface area contributed by atoms with Gasteiger partial charge in [0.1, 0.15) is 11.6 Å². The first-order chi connectivity index (χ1) is 14.0. The van der Waals surface area contributed by atoms with Crippen molar-refractivity contribution in [2.75, 3.05) is 32.2 Å². The summed E-state index contributed by atoms with van der Waals surface area (Å²) in [5.74, 6) is 3.07. The molecule has 7 nitrogen and oxygen atoms in total. The maximum Gasteiger partial charge on any atom is 0.217 e. The number of carbonyl (C=O) groups excluding carboxylic acids is 1. The lowest BCUT2D eigenvalue weighted by atomic mass is 10.1. The fourth-order valence-corrected chi connectivity index (χ4v) is 4.82. The minimum absolute atomic E-state index is 0.00716. The van der Waals surface area contributed by atoms with Gasteiger partial charge in [-0.2, -0.15) is 0 Å². The zero-order chi connectivity index (χ0) is 20.5. The van der Waals surface area contributed by atoms with Crippen molar-refractivity contribution < 1.29 is 14.3 Å². The standard InChI is InChI=1S/C21H24N4O3S/c1-12-22-19-16(14-5-6-17(27-3)18(9-14)28-4)11-29-20(19)21(23-12)25-8-7-15(10-25)24-13(2)26/h5-6,9,11,15H,7-8,10H2,1-4H3,(H,24,26)/t15-/m1/s1. The summed E-state index contributed by atoms with van der Waals surface area (Å²) in [7, 11) is 3.27. The summed E-state index contributed by atoms with van der Waals surface area (Å²) < 4.78 is 11.9. The molecule has 0 radical (unpaired) electrons. The topological polar surface area (TPSA) is 76.6 Å². The van der Waals surface area contributed by atoms with Crippen LogP contribution in [0, 0.1) is 6.92 Å². The lowest BCUT2D eigenvalue weighted by molar-refractivity contribution is -0.119. The SMILES string of the molecule is COc1ccc(-c2csc3c(N4CC[C@@H](NC(C)=O)C4)nc(C)nc23)cc1OC. The number of aromatic nitrogens is 2. The van der Waals surface area contributed by atoms with Crippen LogP contribution in [0.3, 0.4) is 0 Å². The van der Waals surface area contributed by atoms with Crippen LogP contribution in [0.2, 0.25) is 0 Å². The number of ether oxygens (including phenoxy) is 2. The molecule has 0 aliphatic carbocycles. The molecule has 1 fully saturated rings. The van der Waals surface area contributed by atoms with E-state index in [0.29, 0.717) is 11.5 Å². The van der Waals surface area contributed by atoms with E-state index < -0.39 is 0 Å². The number of anilines is 1. The van der Waals surface area contributed by atoms with Gasteiger partial charge in [-0.15, -0.1) is 11.3 Å². The number of nitrogens with zero attached hydrogens (tertiary/aromatic N) is 3. The van der Waals surface area contributed by atoms with Gasteiger partial charge in [0, 0.05) is 37.0 Å². The Kier molecular flexibility index (Phi) is 5.27. The van der Waals surface area contributed by atoms with Crippen molar-refractivity contribution in [3.63, 3.8) is 0 Å². The number of carbonyl (C=O) groups is 1. The fraction of sp³-hybridized carbons (Fsp3) is 0.381. The second-order valence-corrected chi connectivity index (χ2v) is 8.00. The fourth-order valence-electron chi connectivity index (χ4n) is 3.79. The molecule has 1 aromatic carbocycles. The maximum atomic E-state index is 11.4. The number of rotatable bonds is 5. The quantitative estimate of drug-likeness (QED) is 0.692. The maximum absolute atomic E-state index is 11.4. The van der Waals surface area contributed by atoms with Gasteiger partial charge < -0.3 is 19.7 Å². The molecule has 1 aliphatic heterocycles. The molecular weight excluding hydrogens is 388 g/mol. The van der Waals surface area contributed by atoms with Crippen LogP contribution in [0.25, 0.3) is 21.3 Å². The number of fused-ring (bicyclic) bond motifs is 1. The molecule has 0 spiro atoms. The van der Waals surface area contributed by atoms with Crippen LogP contribution in [-0.4, -0.2) is 49.2 Å². The number of methoxy groups -OCH3 is 2. The molecule has 29 heavy (non-hydrogen) atoms. The van der Waals surface area contributed by atoms with E-state index in [9.17, 15) is 4.79 Å². The molecule has 1 amide bonds. The third-order valence-electron chi connectivity index (χ3n) is 5.10. The number of aryl methyl sites for hydroxylation is 1. The van der Waals surface area contributed by atoms with Crippen LogP contribution in [0.15, 0.2) is 23.6 Å². The zero-order valence-electron chi connectivity index (χ0n) is 17.0. The van der Waals surface area contributed by atoms with Gasteiger partial charge in [0.15, 0.2) is 11.5 Å². The highest BCUT2D eigenvalue weighted by Gasteiger charge is 2.27. The molecule has 3 heterocycles. The third kappa shape index (κ3) is 3.72. The van der Waals surface area contributed by atoms with E-state index in [1.807, 2.05) is 25.1 Å². The van der Waals surface area contributed by atoms with E-state index in [0.717, 1.165) is 52.5 Å². The predicted molar refractivity (Wildman–Crippen MR) is 115 cm³/mol. The lowest BCUT2D eigenvalue weighted by Crippen LogP contribution is -2.35. The van der Waals surface area contributed by atoms with E-state index in [4.69, 9.17) is 19.4 Å². The lowest BCUT2D eigenvalue weighted by Gasteiger charge is -2.19. The summed E-state index contributed by atoms with van der Waals surface area (Å²) >= 11 is 1.64. The molecule has 0 bridgehead atoms. The first kappa shape index (κ1) is 19.4. The summed E-state index contributed by atoms with van der Waals surface area (Å²) in [6, 6.07) is 6.05. The molecule has 8 heteroatoms. The Labute approximate surface area is 173 Å². The van der Waals surface area contributed by atoms with Crippen LogP contribution >= 0.6 is 11.3 Å². The van der Waals surface area contributed by atoms with Gasteiger partial charge in [-0.3, -0.25) is 4.79 Å². The van der Waals surface area contributed by atoms with Crippen molar-refractivity contribution in [2.45, 2.75) is 26.3 Å². The number of nitrogens with one attached hydrogen (secondary N) is 1. The third-order valence-corrected chi connectivity index (χ3v) is 6.06. The molecule has 3 aromatic rings. The highest BCUT2D eigenvalue weighted by atomic mass is 32.1. The van der Waals surface area contributed by atoms with Gasteiger partial charge in [0.25, 0.3) is 0 Å². The van der Waals surface area contributed by atoms with Gasteiger partial charge in [-0.1, -0.05) is 6.07 Å². The van der Waals surface area contributed by atoms with Crippen LogP contribution in [0.4, 0.5) is 5.82 Å². The first-order valence-corrected chi connectivity index (χ1v) is 10.4. The second-order valence-electron chi connectivity index (χ2n) is 7.12. The van der Waals surface area contributed by atoms with E-state index in [2.05, 4.69) is 15.6 Å². The largest absolute Gasteiger partial charge is 0.493 e. The number of hydrogen-bond donors (Lipinski definition) is 1. The highest BCUT2D eigenvalue weighted by Crippen LogP contribution is 2.40. The summed E-state index contributed by atoms with van der Waals surface area (Å²) in [6.45, 7) is 5.10. The molecule has 0 saturated carbocycles. The molecule has 1 atom stereocenters. The number of thiophene rings is 1. The van der Waals surface area contributed by atoms with E-state index in [1.54, 1.807) is 32.5 Å². The second kappa shape index (κ2) is 7.87. The van der Waals surface area contributed by atoms with Crippen molar-refractivity contribution >= 4 is 33.3 Å². The Hall–Kier alpha value is -2.87. The van der Waals surface area contributed by atoms with Crippen molar-refractivity contribution in [2.24, 2.45) is 0 Å². The van der Waals surface area contributed by atoms with Crippen molar-refractivity contribution in [3.05, 3.63) is 29.4 Å². The summed E-state index contributed by atoms with van der Waals surface area (Å²) in [5.41, 5.74) is 3.01. The Morgan fingerprint density at radius 3 is 2.76 bits per heavy atom. The number of amides is 1. The van der Waals surface area contributed by atoms with Crippen molar-refractivity contribution in [3.8, 4) is 22.6 Å². The predicted octanol–water partition coefficient (Wildman–Crippen LogP) is 3.40. The molecule has 1 saturated heterocycles. The van der Waals surface area contributed by atoms with Crippen LogP contribution in [0.5, 0.6) is 11.5 Å². The summed E-state index contributed by atoms with van der Waals surface area (Å²) in [5, 5.41) is 5.13. The zero-order valence-corrected chi connectivity index (χ0v) is 17.8. The van der Waals surface area contributed by atoms with Crippen molar-refractivity contribution in [1.82, 2.24) is 15.3 Å². The average Bonchev–Trinajstić information content (AvgIpc) is 3.33. The van der Waals surface area contributed by atoms with Gasteiger partial charge in [0.05, 0.1) is 24.4 Å². The van der Waals surface area contributed by atoms with Crippen LogP contribution in [0.1, 0.15) is 19.2 Å². The van der Waals surface area contributed by atoms with Crippen molar-refractivity contribution in [1.29, 1.82) is 0 Å². The van der Waals surface area contributed by atoms with Crippen LogP contribution < -0.4 is 19.7 Å². The smallest absolute Gasteiger partial charge is 0.217 e. The minimum atomic E-state index is 0.00716. The summed E-state index contributed by atoms with van der Waals surface area (Å²) in [6.07, 6.45) is 0.915. The van der Waals surface area contributed by atoms with Gasteiger partial charge in [0.2, 0.25) is 5.91 Å². The Morgan fingerprint density at radius 2 is 2.03 bits per heavy atom. The average molecular weight is 413 g/mol. The van der Waals surface area contributed by atoms with E-state index >= 15 is 0 Å². The number of hydrogen-bond acceptors (Lipinski definition) is 7. The molecule has 152 valence electrons. The minimum Gasteiger partial charge on any atom is -0.493 e. The van der Waals surface area contributed by atoms with Crippen LogP contribution in [-0.2, 0) is 4.79 Å². The monoisotopic (exact) mass is 412 g/mol.